The molecule has 1 amide bonds. The molecule has 0 radical (unpaired) electrons. The van der Waals surface area contributed by atoms with Crippen molar-refractivity contribution in [2.24, 2.45) is 0 Å². The molecular formula is C20H27NO3. The largest absolute Gasteiger partial charge is 0.497 e. The van der Waals surface area contributed by atoms with Crippen molar-refractivity contribution in [1.29, 1.82) is 0 Å². The number of amides is 1. The second-order valence-electron chi connectivity index (χ2n) is 5.36. The number of carbonyl (C=O) groups is 1. The number of hydrogen-bond donors (Lipinski definition) is 1. The highest BCUT2D eigenvalue weighted by molar-refractivity contribution is 5.97. The van der Waals surface area contributed by atoms with Gasteiger partial charge in [-0.2, -0.15) is 0 Å². The number of methoxy groups -OCH3 is 1. The predicted molar refractivity (Wildman–Crippen MR) is 97.8 cm³/mol. The van der Waals surface area contributed by atoms with Gasteiger partial charge in [0.05, 0.1) is 7.11 Å². The second-order valence-corrected chi connectivity index (χ2v) is 5.36. The van der Waals surface area contributed by atoms with Crippen molar-refractivity contribution in [2.45, 2.75) is 26.3 Å². The van der Waals surface area contributed by atoms with Gasteiger partial charge in [0.1, 0.15) is 5.75 Å². The minimum absolute atomic E-state index is 0.154. The number of ether oxygens (including phenoxy) is 1. The smallest absolute Gasteiger partial charge is 0.250 e. The van der Waals surface area contributed by atoms with Crippen LogP contribution < -0.4 is 4.74 Å². The molecule has 0 fully saturated rings. The van der Waals surface area contributed by atoms with Crippen molar-refractivity contribution < 1.29 is 14.6 Å². The van der Waals surface area contributed by atoms with Gasteiger partial charge in [-0.05, 0) is 29.7 Å². The highest BCUT2D eigenvalue weighted by Gasteiger charge is 2.28. The lowest BCUT2D eigenvalue weighted by molar-refractivity contribution is -0.126. The molecule has 130 valence electrons. The van der Waals surface area contributed by atoms with Crippen LogP contribution in [0.4, 0.5) is 0 Å². The lowest BCUT2D eigenvalue weighted by atomic mass is 10.1. The Bertz CT molecular complexity index is 600. The van der Waals surface area contributed by atoms with Gasteiger partial charge in [-0.1, -0.05) is 50.3 Å². The Morgan fingerprint density at radius 3 is 2.50 bits per heavy atom. The van der Waals surface area contributed by atoms with Crippen LogP contribution in [0.3, 0.4) is 0 Å². The van der Waals surface area contributed by atoms with Gasteiger partial charge in [-0.3, -0.25) is 4.79 Å². The molecule has 0 bridgehead atoms. The van der Waals surface area contributed by atoms with Gasteiger partial charge in [-0.25, -0.2) is 0 Å². The number of aliphatic hydroxyl groups is 1. The molecule has 2 rings (SSSR count). The first-order valence-electron chi connectivity index (χ1n) is 8.07. The quantitative estimate of drug-likeness (QED) is 0.779. The van der Waals surface area contributed by atoms with Crippen molar-refractivity contribution in [3.8, 4) is 5.75 Å². The monoisotopic (exact) mass is 329 g/mol. The van der Waals surface area contributed by atoms with Crippen LogP contribution >= 0.6 is 0 Å². The zero-order valence-electron chi connectivity index (χ0n) is 14.8. The highest BCUT2D eigenvalue weighted by Crippen LogP contribution is 2.26. The number of aliphatic hydroxyl groups excluding tert-OH is 1. The molecule has 0 spiro atoms. The Labute approximate surface area is 144 Å². The van der Waals surface area contributed by atoms with Gasteiger partial charge < -0.3 is 14.7 Å². The average Bonchev–Trinajstić information content (AvgIpc) is 2.91. The summed E-state index contributed by atoms with van der Waals surface area (Å²) in [4.78, 5) is 14.5. The molecule has 1 heterocycles. The Morgan fingerprint density at radius 1 is 1.29 bits per heavy atom. The molecule has 0 saturated heterocycles. The number of allylic oxidation sites excluding steroid dienone is 2. The molecule has 1 aromatic rings. The van der Waals surface area contributed by atoms with Gasteiger partial charge >= 0.3 is 0 Å². The van der Waals surface area contributed by atoms with Crippen LogP contribution in [0.15, 0.2) is 60.2 Å². The molecule has 4 heteroatoms. The summed E-state index contributed by atoms with van der Waals surface area (Å²) in [5.74, 6) is 0.984. The number of rotatable bonds is 7. The fraction of sp³-hybridized carbons (Fsp3) is 0.350. The van der Waals surface area contributed by atoms with E-state index < -0.39 is 0 Å². The Morgan fingerprint density at radius 2 is 1.96 bits per heavy atom. The standard InChI is InChI=1S/C19H23NO2.CH4O/c1-4-6-8-16-14-20(19(21)18(16)7-5-2)13-15-9-11-17(22-3)12-10-15;1-2/h4,6,8-12H,1,5,7,13-14H2,2-3H3;2H,1H3/b8-6-;. The first kappa shape index (κ1) is 19.7. The predicted octanol–water partition coefficient (Wildman–Crippen LogP) is 3.48. The van der Waals surface area contributed by atoms with E-state index in [4.69, 9.17) is 9.84 Å². The average molecular weight is 329 g/mol. The van der Waals surface area contributed by atoms with Gasteiger partial charge in [0.25, 0.3) is 5.91 Å². The van der Waals surface area contributed by atoms with Crippen LogP contribution in [0.5, 0.6) is 5.75 Å². The summed E-state index contributed by atoms with van der Waals surface area (Å²) in [7, 11) is 2.65. The van der Waals surface area contributed by atoms with Gasteiger partial charge in [-0.15, -0.1) is 0 Å². The van der Waals surface area contributed by atoms with E-state index in [9.17, 15) is 4.79 Å². The topological polar surface area (TPSA) is 49.8 Å². The maximum absolute atomic E-state index is 12.6. The molecule has 1 N–H and O–H groups in total. The van der Waals surface area contributed by atoms with Crippen molar-refractivity contribution in [1.82, 2.24) is 4.90 Å². The van der Waals surface area contributed by atoms with E-state index in [-0.39, 0.29) is 5.91 Å². The van der Waals surface area contributed by atoms with Crippen molar-refractivity contribution in [3.63, 3.8) is 0 Å². The summed E-state index contributed by atoms with van der Waals surface area (Å²) >= 11 is 0. The molecule has 0 saturated carbocycles. The molecule has 1 aromatic carbocycles. The zero-order valence-corrected chi connectivity index (χ0v) is 14.8. The van der Waals surface area contributed by atoms with E-state index in [0.29, 0.717) is 13.1 Å². The lowest BCUT2D eigenvalue weighted by Crippen LogP contribution is -2.26. The van der Waals surface area contributed by atoms with E-state index in [1.54, 1.807) is 13.2 Å². The van der Waals surface area contributed by atoms with Gasteiger partial charge in [0.15, 0.2) is 0 Å². The van der Waals surface area contributed by atoms with E-state index in [1.165, 1.54) is 0 Å². The van der Waals surface area contributed by atoms with Gasteiger partial charge in [0, 0.05) is 25.8 Å². The van der Waals surface area contributed by atoms with Crippen molar-refractivity contribution in [3.05, 3.63) is 65.8 Å². The van der Waals surface area contributed by atoms with Crippen LogP contribution in [0.1, 0.15) is 25.3 Å². The molecule has 1 aliphatic heterocycles. The second kappa shape index (κ2) is 10.4. The van der Waals surface area contributed by atoms with E-state index in [1.807, 2.05) is 41.3 Å². The summed E-state index contributed by atoms with van der Waals surface area (Å²) in [6, 6.07) is 7.86. The molecule has 0 atom stereocenters. The first-order chi connectivity index (χ1) is 11.7. The molecule has 0 aliphatic carbocycles. The fourth-order valence-electron chi connectivity index (χ4n) is 2.64. The summed E-state index contributed by atoms with van der Waals surface area (Å²) < 4.78 is 5.16. The normalized spacial score (nSPS) is 14.0. The van der Waals surface area contributed by atoms with Crippen LogP contribution in [0.2, 0.25) is 0 Å². The van der Waals surface area contributed by atoms with Crippen molar-refractivity contribution >= 4 is 5.91 Å². The minimum Gasteiger partial charge on any atom is -0.497 e. The fourth-order valence-corrected chi connectivity index (χ4v) is 2.64. The Balaban J connectivity index is 0.00000139. The third-order valence-corrected chi connectivity index (χ3v) is 3.76. The number of nitrogens with zero attached hydrogens (tertiary/aromatic N) is 1. The summed E-state index contributed by atoms with van der Waals surface area (Å²) in [5, 5.41) is 7.00. The Hall–Kier alpha value is -2.33. The molecule has 1 aliphatic rings. The van der Waals surface area contributed by atoms with Crippen molar-refractivity contribution in [2.75, 3.05) is 20.8 Å². The van der Waals surface area contributed by atoms with E-state index in [0.717, 1.165) is 42.4 Å². The first-order valence-corrected chi connectivity index (χ1v) is 8.07. The minimum atomic E-state index is 0.154. The highest BCUT2D eigenvalue weighted by atomic mass is 16.5. The van der Waals surface area contributed by atoms with Gasteiger partial charge in [0.2, 0.25) is 0 Å². The number of carbonyl (C=O) groups excluding carboxylic acids is 1. The molecule has 4 nitrogen and oxygen atoms in total. The molecule has 0 unspecified atom stereocenters. The SMILES string of the molecule is C=C/C=C\C1=C(CCC)C(=O)N(Cc2ccc(OC)cc2)C1.CO. The lowest BCUT2D eigenvalue weighted by Gasteiger charge is -2.17. The third-order valence-electron chi connectivity index (χ3n) is 3.76. The molecule has 24 heavy (non-hydrogen) atoms. The maximum atomic E-state index is 12.6. The van der Waals surface area contributed by atoms with Crippen LogP contribution in [0.25, 0.3) is 0 Å². The third kappa shape index (κ3) is 5.10. The van der Waals surface area contributed by atoms with Crippen LogP contribution in [-0.4, -0.2) is 36.7 Å². The molecule has 0 aromatic heterocycles. The summed E-state index contributed by atoms with van der Waals surface area (Å²) in [6.07, 6.45) is 7.45. The number of hydrogen-bond acceptors (Lipinski definition) is 3. The van der Waals surface area contributed by atoms with Crippen LogP contribution in [-0.2, 0) is 11.3 Å². The summed E-state index contributed by atoms with van der Waals surface area (Å²) in [6.45, 7) is 7.09. The maximum Gasteiger partial charge on any atom is 0.250 e. The van der Waals surface area contributed by atoms with E-state index >= 15 is 0 Å². The number of benzene rings is 1. The molecular weight excluding hydrogens is 302 g/mol. The Kier molecular flexibility index (Phi) is 8.58. The summed E-state index contributed by atoms with van der Waals surface area (Å²) in [5.41, 5.74) is 3.16. The van der Waals surface area contributed by atoms with Crippen LogP contribution in [0, 0.1) is 0 Å². The zero-order chi connectivity index (χ0) is 17.9. The van der Waals surface area contributed by atoms with E-state index in [2.05, 4.69) is 13.5 Å².